The maximum Gasteiger partial charge on any atom is 0.0219 e. The van der Waals surface area contributed by atoms with Crippen LogP contribution in [0.3, 0.4) is 0 Å². The van der Waals surface area contributed by atoms with Crippen LogP contribution in [-0.2, 0) is 6.54 Å². The van der Waals surface area contributed by atoms with Crippen molar-refractivity contribution in [2.75, 3.05) is 5.75 Å². The van der Waals surface area contributed by atoms with E-state index in [0.717, 1.165) is 11.0 Å². The van der Waals surface area contributed by atoms with Gasteiger partial charge in [0, 0.05) is 22.0 Å². The molecule has 0 fully saturated rings. The van der Waals surface area contributed by atoms with Gasteiger partial charge in [0.15, 0.2) is 0 Å². The molecule has 3 heteroatoms. The summed E-state index contributed by atoms with van der Waals surface area (Å²) in [6.07, 6.45) is 1.22. The predicted molar refractivity (Wildman–Crippen MR) is 77.1 cm³/mol. The molecular weight excluding hydrogens is 282 g/mol. The van der Waals surface area contributed by atoms with Crippen LogP contribution in [0.2, 0.25) is 0 Å². The molecule has 16 heavy (non-hydrogen) atoms. The van der Waals surface area contributed by atoms with Crippen LogP contribution in [0.5, 0.6) is 0 Å². The van der Waals surface area contributed by atoms with Crippen molar-refractivity contribution in [2.45, 2.75) is 44.7 Å². The number of hydrogen-bond donors (Lipinski definition) is 1. The summed E-state index contributed by atoms with van der Waals surface area (Å²) in [4.78, 5) is 1.40. The van der Waals surface area contributed by atoms with E-state index in [1.54, 1.807) is 0 Å². The van der Waals surface area contributed by atoms with Gasteiger partial charge in [-0.05, 0) is 35.9 Å². The first kappa shape index (κ1) is 14.1. The Morgan fingerprint density at radius 2 is 2.12 bits per heavy atom. The number of halogens is 1. The molecule has 1 N–H and O–H groups in total. The molecule has 0 spiro atoms. The lowest BCUT2D eigenvalue weighted by Gasteiger charge is -2.12. The fraction of sp³-hybridized carbons (Fsp3) is 0.538. The van der Waals surface area contributed by atoms with Gasteiger partial charge in [0.05, 0.1) is 0 Å². The lowest BCUT2D eigenvalue weighted by Crippen LogP contribution is -2.22. The Morgan fingerprint density at radius 1 is 1.38 bits per heavy atom. The highest BCUT2D eigenvalue weighted by molar-refractivity contribution is 9.10. The average molecular weight is 302 g/mol. The third kappa shape index (κ3) is 4.89. The number of rotatable bonds is 6. The molecule has 0 heterocycles. The predicted octanol–water partition coefficient (Wildman–Crippen LogP) is 4.45. The van der Waals surface area contributed by atoms with Gasteiger partial charge in [0.25, 0.3) is 0 Å². The van der Waals surface area contributed by atoms with E-state index in [1.165, 1.54) is 22.6 Å². The molecule has 0 aliphatic rings. The van der Waals surface area contributed by atoms with E-state index >= 15 is 0 Å². The minimum Gasteiger partial charge on any atom is -0.310 e. The second kappa shape index (κ2) is 7.36. The molecule has 1 rings (SSSR count). The van der Waals surface area contributed by atoms with Crippen molar-refractivity contribution in [3.63, 3.8) is 0 Å². The normalized spacial score (nSPS) is 11.1. The highest BCUT2D eigenvalue weighted by atomic mass is 79.9. The summed E-state index contributed by atoms with van der Waals surface area (Å²) >= 11 is 5.48. The van der Waals surface area contributed by atoms with Gasteiger partial charge in [0.2, 0.25) is 0 Å². The summed E-state index contributed by atoms with van der Waals surface area (Å²) in [5.41, 5.74) is 1.39. The minimum absolute atomic E-state index is 0.531. The standard InChI is InChI=1S/C13H20BrNS/c1-4-7-16-13-6-5-12(14)8-11(13)9-15-10(2)3/h5-6,8,10,15H,4,7,9H2,1-3H3. The highest BCUT2D eigenvalue weighted by Gasteiger charge is 2.04. The third-order valence-corrected chi connectivity index (χ3v) is 4.00. The first-order valence-electron chi connectivity index (χ1n) is 5.78. The molecule has 1 aromatic rings. The Bertz CT molecular complexity index is 326. The van der Waals surface area contributed by atoms with E-state index in [0.29, 0.717) is 6.04 Å². The van der Waals surface area contributed by atoms with Crippen molar-refractivity contribution in [1.29, 1.82) is 0 Å². The Morgan fingerprint density at radius 3 is 2.75 bits per heavy atom. The van der Waals surface area contributed by atoms with E-state index in [1.807, 2.05) is 11.8 Å². The number of benzene rings is 1. The lowest BCUT2D eigenvalue weighted by atomic mass is 10.2. The van der Waals surface area contributed by atoms with Gasteiger partial charge in [-0.1, -0.05) is 36.7 Å². The van der Waals surface area contributed by atoms with Gasteiger partial charge in [-0.25, -0.2) is 0 Å². The summed E-state index contributed by atoms with van der Waals surface area (Å²) < 4.78 is 1.16. The first-order chi connectivity index (χ1) is 7.63. The van der Waals surface area contributed by atoms with Gasteiger partial charge < -0.3 is 5.32 Å². The monoisotopic (exact) mass is 301 g/mol. The molecular formula is C13H20BrNS. The van der Waals surface area contributed by atoms with Gasteiger partial charge >= 0.3 is 0 Å². The first-order valence-corrected chi connectivity index (χ1v) is 7.56. The Kier molecular flexibility index (Phi) is 6.47. The molecule has 0 amide bonds. The van der Waals surface area contributed by atoms with Crippen molar-refractivity contribution >= 4 is 27.7 Å². The second-order valence-electron chi connectivity index (χ2n) is 4.14. The maximum absolute atomic E-state index is 3.53. The van der Waals surface area contributed by atoms with E-state index < -0.39 is 0 Å². The largest absolute Gasteiger partial charge is 0.310 e. The highest BCUT2D eigenvalue weighted by Crippen LogP contribution is 2.26. The fourth-order valence-electron chi connectivity index (χ4n) is 1.35. The summed E-state index contributed by atoms with van der Waals surface area (Å²) in [7, 11) is 0. The quantitative estimate of drug-likeness (QED) is 0.779. The molecule has 90 valence electrons. The van der Waals surface area contributed by atoms with Crippen molar-refractivity contribution in [1.82, 2.24) is 5.32 Å². The molecule has 0 saturated heterocycles. The zero-order valence-corrected chi connectivity index (χ0v) is 12.6. The summed E-state index contributed by atoms with van der Waals surface area (Å²) in [6.45, 7) is 7.52. The lowest BCUT2D eigenvalue weighted by molar-refractivity contribution is 0.584. The van der Waals surface area contributed by atoms with E-state index in [4.69, 9.17) is 0 Å². The maximum atomic E-state index is 3.53. The van der Waals surface area contributed by atoms with Crippen molar-refractivity contribution in [3.8, 4) is 0 Å². The summed E-state index contributed by atoms with van der Waals surface area (Å²) in [6, 6.07) is 7.08. The van der Waals surface area contributed by atoms with Crippen LogP contribution in [0.1, 0.15) is 32.8 Å². The Hall–Kier alpha value is 0.01000. The van der Waals surface area contributed by atoms with Crippen molar-refractivity contribution in [3.05, 3.63) is 28.2 Å². The van der Waals surface area contributed by atoms with Gasteiger partial charge in [-0.3, -0.25) is 0 Å². The van der Waals surface area contributed by atoms with Gasteiger partial charge in [-0.15, -0.1) is 11.8 Å². The number of nitrogens with one attached hydrogen (secondary N) is 1. The van der Waals surface area contributed by atoms with E-state index in [-0.39, 0.29) is 0 Å². The topological polar surface area (TPSA) is 12.0 Å². The van der Waals surface area contributed by atoms with Gasteiger partial charge in [0.1, 0.15) is 0 Å². The minimum atomic E-state index is 0.531. The molecule has 0 aliphatic heterocycles. The van der Waals surface area contributed by atoms with E-state index in [9.17, 15) is 0 Å². The second-order valence-corrected chi connectivity index (χ2v) is 6.19. The van der Waals surface area contributed by atoms with Crippen molar-refractivity contribution < 1.29 is 0 Å². The van der Waals surface area contributed by atoms with Gasteiger partial charge in [-0.2, -0.15) is 0 Å². The molecule has 0 radical (unpaired) electrons. The van der Waals surface area contributed by atoms with Crippen molar-refractivity contribution in [2.24, 2.45) is 0 Å². The summed E-state index contributed by atoms with van der Waals surface area (Å²) in [5.74, 6) is 1.19. The molecule has 0 saturated carbocycles. The molecule has 0 bridgehead atoms. The van der Waals surface area contributed by atoms with Crippen LogP contribution in [0.25, 0.3) is 0 Å². The Labute approximate surface area is 112 Å². The third-order valence-electron chi connectivity index (χ3n) is 2.18. The molecule has 0 atom stereocenters. The molecule has 0 unspecified atom stereocenters. The Balaban J connectivity index is 2.72. The summed E-state index contributed by atoms with van der Waals surface area (Å²) in [5, 5.41) is 3.47. The van der Waals surface area contributed by atoms with Crippen LogP contribution in [0.15, 0.2) is 27.6 Å². The zero-order valence-electron chi connectivity index (χ0n) is 10.2. The number of thioether (sulfide) groups is 1. The van der Waals surface area contributed by atoms with Crippen LogP contribution < -0.4 is 5.32 Å². The fourth-order valence-corrected chi connectivity index (χ4v) is 2.67. The molecule has 1 nitrogen and oxygen atoms in total. The van der Waals surface area contributed by atoms with Crippen LogP contribution in [0, 0.1) is 0 Å². The molecule has 0 aliphatic carbocycles. The molecule has 1 aromatic carbocycles. The van der Waals surface area contributed by atoms with Crippen LogP contribution in [0.4, 0.5) is 0 Å². The zero-order chi connectivity index (χ0) is 12.0. The van der Waals surface area contributed by atoms with E-state index in [2.05, 4.69) is 60.2 Å². The SMILES string of the molecule is CCCSc1ccc(Br)cc1CNC(C)C. The molecule has 0 aromatic heterocycles. The van der Waals surface area contributed by atoms with Crippen LogP contribution in [-0.4, -0.2) is 11.8 Å². The number of hydrogen-bond acceptors (Lipinski definition) is 2. The average Bonchev–Trinajstić information content (AvgIpc) is 2.25. The van der Waals surface area contributed by atoms with Crippen LogP contribution >= 0.6 is 27.7 Å². The smallest absolute Gasteiger partial charge is 0.0219 e.